The second-order valence-electron chi connectivity index (χ2n) is 5.85. The number of rotatable bonds is 6. The fourth-order valence-electron chi connectivity index (χ4n) is 2.48. The summed E-state index contributed by atoms with van der Waals surface area (Å²) in [6, 6.07) is 6.86. The van der Waals surface area contributed by atoms with Gasteiger partial charge in [-0.1, -0.05) is 12.1 Å². The van der Waals surface area contributed by atoms with Gasteiger partial charge in [0.05, 0.1) is 6.10 Å². The van der Waals surface area contributed by atoms with Crippen LogP contribution in [0.25, 0.3) is 0 Å². The van der Waals surface area contributed by atoms with Gasteiger partial charge in [-0.3, -0.25) is 9.69 Å². The average Bonchev–Trinajstić information content (AvgIpc) is 2.68. The van der Waals surface area contributed by atoms with Crippen LogP contribution < -0.4 is 15.8 Å². The lowest BCUT2D eigenvalue weighted by Crippen LogP contribution is -2.41. The third-order valence-electron chi connectivity index (χ3n) is 3.66. The normalized spacial score (nSPS) is 21.4. The third-order valence-corrected chi connectivity index (χ3v) is 3.66. The number of imide groups is 1. The highest BCUT2D eigenvalue weighted by Crippen LogP contribution is 2.30. The molecule has 0 saturated carbocycles. The lowest BCUT2D eigenvalue weighted by molar-refractivity contribution is -0.131. The van der Waals surface area contributed by atoms with Gasteiger partial charge in [-0.25, -0.2) is 4.79 Å². The predicted molar refractivity (Wildman–Crippen MR) is 83.5 cm³/mol. The number of nitrogens with zero attached hydrogens (tertiary/aromatic N) is 1. The molecule has 0 spiro atoms. The minimum Gasteiger partial charge on any atom is -0.491 e. The van der Waals surface area contributed by atoms with Crippen LogP contribution in [0.15, 0.2) is 24.3 Å². The number of benzene rings is 1. The lowest BCUT2D eigenvalue weighted by atomic mass is 9.92. The van der Waals surface area contributed by atoms with Crippen molar-refractivity contribution in [2.75, 3.05) is 13.1 Å². The first kappa shape index (κ1) is 16.3. The van der Waals surface area contributed by atoms with Gasteiger partial charge in [0.15, 0.2) is 0 Å². The molecule has 3 amide bonds. The summed E-state index contributed by atoms with van der Waals surface area (Å²) in [4.78, 5) is 25.8. The molecule has 120 valence electrons. The third kappa shape index (κ3) is 3.06. The van der Waals surface area contributed by atoms with Gasteiger partial charge < -0.3 is 15.8 Å². The largest absolute Gasteiger partial charge is 0.491 e. The van der Waals surface area contributed by atoms with Gasteiger partial charge in [0.1, 0.15) is 11.3 Å². The molecule has 2 rings (SSSR count). The van der Waals surface area contributed by atoms with Crippen molar-refractivity contribution in [1.29, 1.82) is 0 Å². The van der Waals surface area contributed by atoms with Crippen molar-refractivity contribution >= 4 is 11.9 Å². The highest BCUT2D eigenvalue weighted by molar-refractivity contribution is 6.07. The Hall–Kier alpha value is -2.08. The molecule has 1 heterocycles. The molecule has 1 aliphatic heterocycles. The van der Waals surface area contributed by atoms with E-state index in [1.165, 1.54) is 4.90 Å². The van der Waals surface area contributed by atoms with Crippen molar-refractivity contribution in [3.63, 3.8) is 0 Å². The molecule has 1 atom stereocenters. The van der Waals surface area contributed by atoms with E-state index in [1.807, 2.05) is 38.1 Å². The van der Waals surface area contributed by atoms with Gasteiger partial charge in [0.25, 0.3) is 5.91 Å². The maximum Gasteiger partial charge on any atom is 0.325 e. The number of ether oxygens (including phenoxy) is 1. The van der Waals surface area contributed by atoms with E-state index in [1.54, 1.807) is 6.92 Å². The Labute approximate surface area is 130 Å². The summed E-state index contributed by atoms with van der Waals surface area (Å²) in [5.41, 5.74) is 5.14. The highest BCUT2D eigenvalue weighted by Gasteiger charge is 2.48. The van der Waals surface area contributed by atoms with Crippen LogP contribution in [0.3, 0.4) is 0 Å². The second kappa shape index (κ2) is 6.36. The maximum atomic E-state index is 12.6. The van der Waals surface area contributed by atoms with E-state index in [0.29, 0.717) is 19.5 Å². The molecule has 0 bridgehead atoms. The fraction of sp³-hybridized carbons (Fsp3) is 0.500. The molecule has 22 heavy (non-hydrogen) atoms. The first-order valence-corrected chi connectivity index (χ1v) is 7.50. The Morgan fingerprint density at radius 1 is 1.27 bits per heavy atom. The summed E-state index contributed by atoms with van der Waals surface area (Å²) in [7, 11) is 0. The van der Waals surface area contributed by atoms with Gasteiger partial charge in [0.2, 0.25) is 0 Å². The minimum absolute atomic E-state index is 0.0843. The van der Waals surface area contributed by atoms with Crippen LogP contribution in [0.4, 0.5) is 4.79 Å². The predicted octanol–water partition coefficient (Wildman–Crippen LogP) is 1.59. The van der Waals surface area contributed by atoms with Crippen molar-refractivity contribution in [2.24, 2.45) is 5.73 Å². The summed E-state index contributed by atoms with van der Waals surface area (Å²) in [6.07, 6.45) is 0.678. The van der Waals surface area contributed by atoms with Crippen LogP contribution in [-0.2, 0) is 10.3 Å². The molecule has 1 saturated heterocycles. The van der Waals surface area contributed by atoms with Crippen LogP contribution in [0, 0.1) is 0 Å². The number of nitrogens with two attached hydrogens (primary N) is 1. The molecule has 0 aliphatic carbocycles. The zero-order chi connectivity index (χ0) is 16.3. The quantitative estimate of drug-likeness (QED) is 0.782. The molecule has 1 fully saturated rings. The van der Waals surface area contributed by atoms with Crippen molar-refractivity contribution in [1.82, 2.24) is 10.2 Å². The molecular formula is C16H23N3O3. The van der Waals surface area contributed by atoms with E-state index in [0.717, 1.165) is 11.3 Å². The van der Waals surface area contributed by atoms with Gasteiger partial charge in [-0.2, -0.15) is 0 Å². The molecule has 3 N–H and O–H groups in total. The number of carbonyl (C=O) groups excluding carboxylic acids is 2. The lowest BCUT2D eigenvalue weighted by Gasteiger charge is -2.22. The Kier molecular flexibility index (Phi) is 4.71. The summed E-state index contributed by atoms with van der Waals surface area (Å²) in [6.45, 7) is 6.39. The van der Waals surface area contributed by atoms with Gasteiger partial charge in [-0.15, -0.1) is 0 Å². The molecule has 1 aromatic rings. The number of amides is 3. The van der Waals surface area contributed by atoms with Crippen molar-refractivity contribution in [3.05, 3.63) is 29.8 Å². The minimum atomic E-state index is -1.04. The van der Waals surface area contributed by atoms with Crippen LogP contribution in [0.2, 0.25) is 0 Å². The zero-order valence-corrected chi connectivity index (χ0v) is 13.3. The Bertz CT molecular complexity index is 556. The molecule has 1 aliphatic rings. The standard InChI is InChI=1S/C16H23N3O3/c1-11(2)22-13-7-5-12(6-8-13)16(3)14(20)19(10-4-9-17)15(21)18-16/h5-8,11H,4,9-10,17H2,1-3H3,(H,18,21). The summed E-state index contributed by atoms with van der Waals surface area (Å²) in [5.74, 6) is 0.489. The van der Waals surface area contributed by atoms with E-state index < -0.39 is 5.54 Å². The smallest absolute Gasteiger partial charge is 0.325 e. The van der Waals surface area contributed by atoms with E-state index in [9.17, 15) is 9.59 Å². The average molecular weight is 305 g/mol. The molecule has 6 nitrogen and oxygen atoms in total. The van der Waals surface area contributed by atoms with Crippen LogP contribution in [0.5, 0.6) is 5.75 Å². The zero-order valence-electron chi connectivity index (χ0n) is 13.3. The van der Waals surface area contributed by atoms with Gasteiger partial charge in [0, 0.05) is 6.54 Å². The summed E-state index contributed by atoms with van der Waals surface area (Å²) >= 11 is 0. The number of hydrogen-bond donors (Lipinski definition) is 2. The topological polar surface area (TPSA) is 84.7 Å². The Balaban J connectivity index is 2.20. The summed E-state index contributed by atoms with van der Waals surface area (Å²) < 4.78 is 5.59. The van der Waals surface area contributed by atoms with E-state index in [-0.39, 0.29) is 18.0 Å². The first-order valence-electron chi connectivity index (χ1n) is 7.50. The molecular weight excluding hydrogens is 282 g/mol. The molecule has 0 aromatic heterocycles. The number of carbonyl (C=O) groups is 2. The number of urea groups is 1. The Morgan fingerprint density at radius 2 is 1.91 bits per heavy atom. The molecule has 1 aromatic carbocycles. The van der Waals surface area contributed by atoms with E-state index >= 15 is 0 Å². The van der Waals surface area contributed by atoms with E-state index in [2.05, 4.69) is 5.32 Å². The molecule has 0 radical (unpaired) electrons. The maximum absolute atomic E-state index is 12.6. The van der Waals surface area contributed by atoms with Gasteiger partial charge in [-0.05, 0) is 51.4 Å². The van der Waals surface area contributed by atoms with Crippen LogP contribution in [-0.4, -0.2) is 36.0 Å². The number of nitrogens with one attached hydrogen (secondary N) is 1. The second-order valence-corrected chi connectivity index (χ2v) is 5.85. The van der Waals surface area contributed by atoms with Crippen LogP contribution >= 0.6 is 0 Å². The van der Waals surface area contributed by atoms with Crippen LogP contribution in [0.1, 0.15) is 32.8 Å². The number of hydrogen-bond acceptors (Lipinski definition) is 4. The monoisotopic (exact) mass is 305 g/mol. The SMILES string of the molecule is CC(C)Oc1ccc(C2(C)NC(=O)N(CCCN)C2=O)cc1. The van der Waals surface area contributed by atoms with Crippen molar-refractivity contribution in [2.45, 2.75) is 38.8 Å². The van der Waals surface area contributed by atoms with E-state index in [4.69, 9.17) is 10.5 Å². The van der Waals surface area contributed by atoms with Crippen molar-refractivity contribution in [3.8, 4) is 5.75 Å². The fourth-order valence-corrected chi connectivity index (χ4v) is 2.48. The highest BCUT2D eigenvalue weighted by atomic mass is 16.5. The Morgan fingerprint density at radius 3 is 2.45 bits per heavy atom. The van der Waals surface area contributed by atoms with Gasteiger partial charge >= 0.3 is 6.03 Å². The summed E-state index contributed by atoms with van der Waals surface area (Å²) in [5, 5.41) is 2.77. The van der Waals surface area contributed by atoms with Crippen molar-refractivity contribution < 1.29 is 14.3 Å². The molecule has 6 heteroatoms. The molecule has 1 unspecified atom stereocenters. The first-order chi connectivity index (χ1) is 10.4.